The average molecular weight is 259 g/mol. The fraction of sp³-hybridized carbons (Fsp3) is 0.750. The molecular formula is C12H21NO5. The van der Waals surface area contributed by atoms with E-state index in [0.717, 1.165) is 0 Å². The number of esters is 2. The van der Waals surface area contributed by atoms with E-state index in [1.807, 2.05) is 13.8 Å². The topological polar surface area (TPSA) is 81.7 Å². The Hall–Kier alpha value is -1.59. The van der Waals surface area contributed by atoms with E-state index in [4.69, 9.17) is 0 Å². The SMILES string of the molecule is CCOC(=O)CC(=O)N[C@@H](CC(C)C)C(=O)OC. The van der Waals surface area contributed by atoms with E-state index in [1.54, 1.807) is 6.92 Å². The maximum absolute atomic E-state index is 11.5. The van der Waals surface area contributed by atoms with Crippen LogP contribution in [0.3, 0.4) is 0 Å². The molecule has 0 radical (unpaired) electrons. The van der Waals surface area contributed by atoms with Crippen molar-refractivity contribution in [1.29, 1.82) is 0 Å². The molecule has 0 unspecified atom stereocenters. The molecule has 6 nitrogen and oxygen atoms in total. The first-order chi connectivity index (χ1) is 8.40. The maximum Gasteiger partial charge on any atom is 0.328 e. The lowest BCUT2D eigenvalue weighted by Gasteiger charge is -2.17. The van der Waals surface area contributed by atoms with Gasteiger partial charge < -0.3 is 14.8 Å². The Kier molecular flexibility index (Phi) is 7.74. The third-order valence-electron chi connectivity index (χ3n) is 2.14. The summed E-state index contributed by atoms with van der Waals surface area (Å²) in [4.78, 5) is 34.1. The predicted octanol–water partition coefficient (Wildman–Crippen LogP) is 0.643. The van der Waals surface area contributed by atoms with Gasteiger partial charge in [0.15, 0.2) is 0 Å². The molecule has 0 aromatic heterocycles. The molecule has 6 heteroatoms. The Labute approximate surface area is 107 Å². The van der Waals surface area contributed by atoms with E-state index >= 15 is 0 Å². The molecule has 0 aromatic carbocycles. The molecule has 0 saturated heterocycles. The van der Waals surface area contributed by atoms with Crippen molar-refractivity contribution in [2.75, 3.05) is 13.7 Å². The quantitative estimate of drug-likeness (QED) is 0.536. The lowest BCUT2D eigenvalue weighted by Crippen LogP contribution is -2.43. The molecule has 0 aromatic rings. The van der Waals surface area contributed by atoms with Crippen LogP contribution in [0.25, 0.3) is 0 Å². The summed E-state index contributed by atoms with van der Waals surface area (Å²) < 4.78 is 9.24. The van der Waals surface area contributed by atoms with E-state index in [9.17, 15) is 14.4 Å². The molecule has 0 aliphatic carbocycles. The monoisotopic (exact) mass is 259 g/mol. The van der Waals surface area contributed by atoms with Crippen LogP contribution in [-0.4, -0.2) is 37.6 Å². The van der Waals surface area contributed by atoms with Gasteiger partial charge in [0.2, 0.25) is 5.91 Å². The van der Waals surface area contributed by atoms with Crippen molar-refractivity contribution in [3.05, 3.63) is 0 Å². The van der Waals surface area contributed by atoms with Gasteiger partial charge in [-0.25, -0.2) is 4.79 Å². The zero-order valence-corrected chi connectivity index (χ0v) is 11.3. The van der Waals surface area contributed by atoms with Crippen molar-refractivity contribution in [2.24, 2.45) is 5.92 Å². The highest BCUT2D eigenvalue weighted by molar-refractivity contribution is 5.96. The van der Waals surface area contributed by atoms with E-state index in [2.05, 4.69) is 14.8 Å². The fourth-order valence-corrected chi connectivity index (χ4v) is 1.42. The Morgan fingerprint density at radius 2 is 1.83 bits per heavy atom. The van der Waals surface area contributed by atoms with Crippen molar-refractivity contribution in [3.63, 3.8) is 0 Å². The van der Waals surface area contributed by atoms with Crippen molar-refractivity contribution in [1.82, 2.24) is 5.32 Å². The van der Waals surface area contributed by atoms with Crippen LogP contribution in [0.1, 0.15) is 33.6 Å². The lowest BCUT2D eigenvalue weighted by atomic mass is 10.0. The molecule has 0 aliphatic heterocycles. The summed E-state index contributed by atoms with van der Waals surface area (Å²) in [5, 5.41) is 2.47. The van der Waals surface area contributed by atoms with Crippen LogP contribution in [0.5, 0.6) is 0 Å². The van der Waals surface area contributed by atoms with Gasteiger partial charge in [-0.1, -0.05) is 13.8 Å². The van der Waals surface area contributed by atoms with Gasteiger partial charge in [-0.3, -0.25) is 9.59 Å². The molecular weight excluding hydrogens is 238 g/mol. The second-order valence-corrected chi connectivity index (χ2v) is 4.25. The number of amides is 1. The van der Waals surface area contributed by atoms with Gasteiger partial charge in [-0.15, -0.1) is 0 Å². The van der Waals surface area contributed by atoms with Crippen LogP contribution >= 0.6 is 0 Å². The summed E-state index contributed by atoms with van der Waals surface area (Å²) in [6.07, 6.45) is 0.0701. The minimum absolute atomic E-state index is 0.219. The minimum Gasteiger partial charge on any atom is -0.467 e. The number of ether oxygens (including phenoxy) is 2. The van der Waals surface area contributed by atoms with Gasteiger partial charge in [-0.2, -0.15) is 0 Å². The third kappa shape index (κ3) is 6.88. The number of hydrogen-bond donors (Lipinski definition) is 1. The zero-order valence-electron chi connectivity index (χ0n) is 11.3. The molecule has 1 amide bonds. The largest absolute Gasteiger partial charge is 0.467 e. The molecule has 104 valence electrons. The van der Waals surface area contributed by atoms with E-state index in [1.165, 1.54) is 7.11 Å². The maximum atomic E-state index is 11.5. The van der Waals surface area contributed by atoms with Crippen molar-refractivity contribution < 1.29 is 23.9 Å². The van der Waals surface area contributed by atoms with Crippen molar-refractivity contribution >= 4 is 17.8 Å². The third-order valence-corrected chi connectivity index (χ3v) is 2.14. The molecule has 0 fully saturated rings. The van der Waals surface area contributed by atoms with Crippen molar-refractivity contribution in [2.45, 2.75) is 39.7 Å². The molecule has 18 heavy (non-hydrogen) atoms. The van der Waals surface area contributed by atoms with E-state index in [-0.39, 0.29) is 18.9 Å². The predicted molar refractivity (Wildman–Crippen MR) is 64.7 cm³/mol. The summed E-state index contributed by atoms with van der Waals surface area (Å²) >= 11 is 0. The highest BCUT2D eigenvalue weighted by atomic mass is 16.5. The Morgan fingerprint density at radius 1 is 1.22 bits per heavy atom. The van der Waals surface area contributed by atoms with Gasteiger partial charge in [-0.05, 0) is 19.3 Å². The lowest BCUT2D eigenvalue weighted by molar-refractivity contribution is -0.149. The summed E-state index contributed by atoms with van der Waals surface area (Å²) in [7, 11) is 1.26. The second-order valence-electron chi connectivity index (χ2n) is 4.25. The van der Waals surface area contributed by atoms with Crippen LogP contribution in [-0.2, 0) is 23.9 Å². The number of carbonyl (C=O) groups is 3. The number of rotatable bonds is 7. The highest BCUT2D eigenvalue weighted by Crippen LogP contribution is 2.06. The normalized spacial score (nSPS) is 11.8. The summed E-state index contributed by atoms with van der Waals surface area (Å²) in [5.41, 5.74) is 0. The van der Waals surface area contributed by atoms with Crippen LogP contribution in [0, 0.1) is 5.92 Å². The molecule has 1 N–H and O–H groups in total. The van der Waals surface area contributed by atoms with Gasteiger partial charge in [0.1, 0.15) is 12.5 Å². The van der Waals surface area contributed by atoms with E-state index < -0.39 is 23.9 Å². The van der Waals surface area contributed by atoms with Gasteiger partial charge in [0.05, 0.1) is 13.7 Å². The van der Waals surface area contributed by atoms with E-state index in [0.29, 0.717) is 6.42 Å². The number of nitrogens with one attached hydrogen (secondary N) is 1. The summed E-state index contributed by atoms with van der Waals surface area (Å²) in [6.45, 7) is 5.73. The fourth-order valence-electron chi connectivity index (χ4n) is 1.42. The molecule has 1 atom stereocenters. The van der Waals surface area contributed by atoms with Gasteiger partial charge in [0, 0.05) is 0 Å². The Morgan fingerprint density at radius 3 is 2.28 bits per heavy atom. The van der Waals surface area contributed by atoms with Crippen LogP contribution < -0.4 is 5.32 Å². The average Bonchev–Trinajstić information content (AvgIpc) is 2.26. The summed E-state index contributed by atoms with van der Waals surface area (Å²) in [6, 6.07) is -0.725. The smallest absolute Gasteiger partial charge is 0.328 e. The van der Waals surface area contributed by atoms with Gasteiger partial charge >= 0.3 is 11.9 Å². The molecule has 0 aliphatic rings. The number of methoxy groups -OCH3 is 1. The first-order valence-corrected chi connectivity index (χ1v) is 5.93. The molecule has 0 rings (SSSR count). The zero-order chi connectivity index (χ0) is 14.1. The molecule has 0 saturated carbocycles. The Balaban J connectivity index is 4.35. The first kappa shape index (κ1) is 16.4. The number of carbonyl (C=O) groups excluding carboxylic acids is 3. The molecule has 0 bridgehead atoms. The second kappa shape index (κ2) is 8.49. The Bertz CT molecular complexity index is 301. The first-order valence-electron chi connectivity index (χ1n) is 5.93. The molecule has 0 spiro atoms. The molecule has 0 heterocycles. The van der Waals surface area contributed by atoms with Crippen molar-refractivity contribution in [3.8, 4) is 0 Å². The highest BCUT2D eigenvalue weighted by Gasteiger charge is 2.23. The number of hydrogen-bond acceptors (Lipinski definition) is 5. The minimum atomic E-state index is -0.725. The van der Waals surface area contributed by atoms with Crippen LogP contribution in [0.4, 0.5) is 0 Å². The standard InChI is InChI=1S/C12H21NO5/c1-5-18-11(15)7-10(14)13-9(6-8(2)3)12(16)17-4/h8-9H,5-7H2,1-4H3,(H,13,14)/t9-/m0/s1. The van der Waals surface area contributed by atoms with Crippen LogP contribution in [0.15, 0.2) is 0 Å². The van der Waals surface area contributed by atoms with Gasteiger partial charge in [0.25, 0.3) is 0 Å². The summed E-state index contributed by atoms with van der Waals surface area (Å²) in [5.74, 6) is -1.44. The van der Waals surface area contributed by atoms with Crippen LogP contribution in [0.2, 0.25) is 0 Å².